The molecule has 1 aromatic rings. The zero-order valence-corrected chi connectivity index (χ0v) is 13.7. The van der Waals surface area contributed by atoms with E-state index in [9.17, 15) is 9.18 Å². The third-order valence-electron chi connectivity index (χ3n) is 3.96. The van der Waals surface area contributed by atoms with Crippen LogP contribution in [0.25, 0.3) is 5.57 Å². The standard InChI is InChI=1S/C17H19ClFNO2/c1-16(2,3)22-15(21)20-9-17(10-20)7-11(8-17)13-6-12(19)4-5-14(13)18/h4-7H,8-10H2,1-3H3. The van der Waals surface area contributed by atoms with Gasteiger partial charge in [0.05, 0.1) is 0 Å². The molecule has 1 aliphatic carbocycles. The highest BCUT2D eigenvalue weighted by molar-refractivity contribution is 6.32. The van der Waals surface area contributed by atoms with Crippen LogP contribution in [0.5, 0.6) is 0 Å². The predicted octanol–water partition coefficient (Wildman–Crippen LogP) is 4.50. The molecule has 1 aromatic carbocycles. The monoisotopic (exact) mass is 323 g/mol. The number of carbonyl (C=O) groups is 1. The third-order valence-corrected chi connectivity index (χ3v) is 4.29. The maximum absolute atomic E-state index is 13.3. The lowest BCUT2D eigenvalue weighted by Gasteiger charge is -2.53. The number of hydrogen-bond acceptors (Lipinski definition) is 2. The lowest BCUT2D eigenvalue weighted by molar-refractivity contribution is -0.0207. The summed E-state index contributed by atoms with van der Waals surface area (Å²) in [5, 5.41) is 0.561. The number of ether oxygens (including phenoxy) is 1. The van der Waals surface area contributed by atoms with Gasteiger partial charge in [0.25, 0.3) is 0 Å². The number of halogens is 2. The smallest absolute Gasteiger partial charge is 0.410 e. The van der Waals surface area contributed by atoms with Gasteiger partial charge in [0.15, 0.2) is 0 Å². The van der Waals surface area contributed by atoms with Gasteiger partial charge in [-0.3, -0.25) is 0 Å². The second-order valence-electron chi connectivity index (χ2n) is 7.17. The summed E-state index contributed by atoms with van der Waals surface area (Å²) in [7, 11) is 0. The van der Waals surface area contributed by atoms with E-state index in [2.05, 4.69) is 6.08 Å². The number of benzene rings is 1. The largest absolute Gasteiger partial charge is 0.444 e. The van der Waals surface area contributed by atoms with Crippen molar-refractivity contribution in [3.05, 3.63) is 40.7 Å². The van der Waals surface area contributed by atoms with E-state index in [-0.39, 0.29) is 17.3 Å². The average molecular weight is 324 g/mol. The molecule has 2 aliphatic rings. The molecule has 1 aliphatic heterocycles. The molecular weight excluding hydrogens is 305 g/mol. The van der Waals surface area contributed by atoms with Crippen LogP contribution < -0.4 is 0 Å². The molecule has 0 bridgehead atoms. The predicted molar refractivity (Wildman–Crippen MR) is 84.2 cm³/mol. The Morgan fingerprint density at radius 3 is 2.59 bits per heavy atom. The molecule has 0 saturated carbocycles. The van der Waals surface area contributed by atoms with Gasteiger partial charge in [-0.05, 0) is 56.5 Å². The maximum Gasteiger partial charge on any atom is 0.410 e. The van der Waals surface area contributed by atoms with E-state index in [1.807, 2.05) is 20.8 Å². The highest BCUT2D eigenvalue weighted by atomic mass is 35.5. The van der Waals surface area contributed by atoms with Crippen LogP contribution in [0.2, 0.25) is 5.02 Å². The first-order valence-electron chi connectivity index (χ1n) is 7.33. The van der Waals surface area contributed by atoms with Gasteiger partial charge in [-0.25, -0.2) is 9.18 Å². The molecule has 118 valence electrons. The summed E-state index contributed by atoms with van der Waals surface area (Å²) in [6.45, 7) is 6.87. The summed E-state index contributed by atoms with van der Waals surface area (Å²) >= 11 is 6.12. The van der Waals surface area contributed by atoms with Gasteiger partial charge in [-0.1, -0.05) is 17.7 Å². The summed E-state index contributed by atoms with van der Waals surface area (Å²) in [4.78, 5) is 13.6. The molecule has 3 nitrogen and oxygen atoms in total. The van der Waals surface area contributed by atoms with E-state index in [0.29, 0.717) is 18.1 Å². The molecule has 0 atom stereocenters. The van der Waals surface area contributed by atoms with E-state index in [4.69, 9.17) is 16.3 Å². The van der Waals surface area contributed by atoms with Crippen LogP contribution in [0, 0.1) is 11.2 Å². The maximum atomic E-state index is 13.3. The fourth-order valence-electron chi connectivity index (χ4n) is 3.01. The molecule has 0 radical (unpaired) electrons. The van der Waals surface area contributed by atoms with E-state index in [0.717, 1.165) is 17.6 Å². The number of nitrogens with zero attached hydrogens (tertiary/aromatic N) is 1. The highest BCUT2D eigenvalue weighted by Crippen LogP contribution is 2.51. The van der Waals surface area contributed by atoms with Gasteiger partial charge in [0.2, 0.25) is 0 Å². The fourth-order valence-corrected chi connectivity index (χ4v) is 3.25. The molecule has 1 amide bonds. The van der Waals surface area contributed by atoms with Gasteiger partial charge >= 0.3 is 6.09 Å². The Labute approximate surface area is 134 Å². The zero-order valence-electron chi connectivity index (χ0n) is 13.0. The summed E-state index contributed by atoms with van der Waals surface area (Å²) in [6, 6.07) is 4.39. The quantitative estimate of drug-likeness (QED) is 0.761. The molecule has 1 spiro atoms. The number of amides is 1. The Morgan fingerprint density at radius 2 is 2.00 bits per heavy atom. The van der Waals surface area contributed by atoms with Gasteiger partial charge in [-0.2, -0.15) is 0 Å². The van der Waals surface area contributed by atoms with Crippen LogP contribution in [-0.4, -0.2) is 29.7 Å². The Bertz CT molecular complexity index is 657. The molecule has 3 rings (SSSR count). The van der Waals surface area contributed by atoms with Crippen molar-refractivity contribution >= 4 is 23.3 Å². The normalized spacial score (nSPS) is 19.3. The molecule has 0 N–H and O–H groups in total. The first-order valence-corrected chi connectivity index (χ1v) is 7.70. The van der Waals surface area contributed by atoms with Crippen molar-refractivity contribution in [2.45, 2.75) is 32.8 Å². The van der Waals surface area contributed by atoms with Crippen LogP contribution in [0.1, 0.15) is 32.8 Å². The summed E-state index contributed by atoms with van der Waals surface area (Å²) in [5.41, 5.74) is 1.34. The van der Waals surface area contributed by atoms with Crippen molar-refractivity contribution in [2.75, 3.05) is 13.1 Å². The topological polar surface area (TPSA) is 29.5 Å². The van der Waals surface area contributed by atoms with Crippen LogP contribution in [-0.2, 0) is 4.74 Å². The average Bonchev–Trinajstić information content (AvgIpc) is 2.27. The molecule has 0 aromatic heterocycles. The van der Waals surface area contributed by atoms with Crippen LogP contribution in [0.3, 0.4) is 0 Å². The van der Waals surface area contributed by atoms with Gasteiger partial charge in [-0.15, -0.1) is 0 Å². The molecule has 1 fully saturated rings. The Morgan fingerprint density at radius 1 is 1.36 bits per heavy atom. The second-order valence-corrected chi connectivity index (χ2v) is 7.58. The lowest BCUT2D eigenvalue weighted by Crippen LogP contribution is -2.60. The zero-order chi connectivity index (χ0) is 16.1. The minimum atomic E-state index is -0.477. The van der Waals surface area contributed by atoms with Crippen LogP contribution in [0.4, 0.5) is 9.18 Å². The minimum Gasteiger partial charge on any atom is -0.444 e. The summed E-state index contributed by atoms with van der Waals surface area (Å²) in [6.07, 6.45) is 2.65. The van der Waals surface area contributed by atoms with E-state index in [1.54, 1.807) is 11.0 Å². The van der Waals surface area contributed by atoms with Crippen molar-refractivity contribution in [1.29, 1.82) is 0 Å². The van der Waals surface area contributed by atoms with E-state index >= 15 is 0 Å². The Hall–Kier alpha value is -1.55. The third kappa shape index (κ3) is 2.84. The summed E-state index contributed by atoms with van der Waals surface area (Å²) in [5.74, 6) is -0.287. The van der Waals surface area contributed by atoms with E-state index < -0.39 is 5.60 Å². The number of allylic oxidation sites excluding steroid dienone is 1. The first kappa shape index (κ1) is 15.3. The van der Waals surface area contributed by atoms with Crippen molar-refractivity contribution in [1.82, 2.24) is 4.90 Å². The molecule has 0 unspecified atom stereocenters. The summed E-state index contributed by atoms with van der Waals surface area (Å²) < 4.78 is 18.7. The van der Waals surface area contributed by atoms with Crippen LogP contribution in [0.15, 0.2) is 24.3 Å². The molecular formula is C17H19ClFNO2. The van der Waals surface area contributed by atoms with Crippen molar-refractivity contribution < 1.29 is 13.9 Å². The van der Waals surface area contributed by atoms with Crippen molar-refractivity contribution in [2.24, 2.45) is 5.41 Å². The van der Waals surface area contributed by atoms with Crippen molar-refractivity contribution in [3.63, 3.8) is 0 Å². The molecule has 22 heavy (non-hydrogen) atoms. The molecule has 5 heteroatoms. The molecule has 1 heterocycles. The van der Waals surface area contributed by atoms with Gasteiger partial charge in [0.1, 0.15) is 11.4 Å². The Kier molecular flexibility index (Phi) is 3.48. The first-order chi connectivity index (χ1) is 10.2. The lowest BCUT2D eigenvalue weighted by atomic mass is 9.64. The van der Waals surface area contributed by atoms with Crippen LogP contribution >= 0.6 is 11.6 Å². The molecule has 1 saturated heterocycles. The minimum absolute atomic E-state index is 0.0158. The SMILES string of the molecule is CC(C)(C)OC(=O)N1CC2(C=C(c3cc(F)ccc3Cl)C2)C1. The van der Waals surface area contributed by atoms with Gasteiger partial charge < -0.3 is 9.64 Å². The number of rotatable bonds is 1. The van der Waals surface area contributed by atoms with Gasteiger partial charge in [0, 0.05) is 23.5 Å². The number of likely N-dealkylation sites (tertiary alicyclic amines) is 1. The number of hydrogen-bond donors (Lipinski definition) is 0. The van der Waals surface area contributed by atoms with E-state index in [1.165, 1.54) is 12.1 Å². The number of carbonyl (C=O) groups excluding carboxylic acids is 1. The second kappa shape index (κ2) is 4.98. The highest BCUT2D eigenvalue weighted by Gasteiger charge is 2.50. The van der Waals surface area contributed by atoms with Crippen molar-refractivity contribution in [3.8, 4) is 0 Å². The fraction of sp³-hybridized carbons (Fsp3) is 0.471. The Balaban J connectivity index is 1.64.